The van der Waals surface area contributed by atoms with E-state index < -0.39 is 0 Å². The van der Waals surface area contributed by atoms with Gasteiger partial charge in [0, 0.05) is 18.6 Å². The van der Waals surface area contributed by atoms with Crippen LogP contribution in [0.5, 0.6) is 5.75 Å². The van der Waals surface area contributed by atoms with Crippen LogP contribution in [0.15, 0.2) is 24.3 Å². The Labute approximate surface area is 130 Å². The fraction of sp³-hybridized carbons (Fsp3) is 0.667. The Morgan fingerprint density at radius 2 is 1.76 bits per heavy atom. The molecule has 1 aromatic rings. The van der Waals surface area contributed by atoms with E-state index in [1.165, 1.54) is 12.0 Å². The quantitative estimate of drug-likeness (QED) is 0.709. The van der Waals surface area contributed by atoms with Crippen LogP contribution in [0.4, 0.5) is 0 Å². The van der Waals surface area contributed by atoms with Crippen molar-refractivity contribution in [2.24, 2.45) is 0 Å². The number of nitrogens with zero attached hydrogens (tertiary/aromatic N) is 1. The SMILES string of the molecule is CCCOc1ccc(C(CN(CCC)C(C)C)NC)cc1. The van der Waals surface area contributed by atoms with E-state index in [0.29, 0.717) is 12.1 Å². The van der Waals surface area contributed by atoms with E-state index in [1.807, 2.05) is 7.05 Å². The number of nitrogens with one attached hydrogen (secondary N) is 1. The highest BCUT2D eigenvalue weighted by Gasteiger charge is 2.16. The Hall–Kier alpha value is -1.06. The van der Waals surface area contributed by atoms with Crippen LogP contribution in [-0.4, -0.2) is 37.7 Å². The van der Waals surface area contributed by atoms with Crippen molar-refractivity contribution < 1.29 is 4.74 Å². The standard InChI is InChI=1S/C18H32N2O/c1-6-12-20(15(3)4)14-18(19-5)16-8-10-17(11-9-16)21-13-7-2/h8-11,15,18-19H,6-7,12-14H2,1-5H3. The largest absolute Gasteiger partial charge is 0.494 e. The van der Waals surface area contributed by atoms with E-state index in [-0.39, 0.29) is 0 Å². The summed E-state index contributed by atoms with van der Waals surface area (Å²) in [5, 5.41) is 3.44. The second-order valence-electron chi connectivity index (χ2n) is 5.85. The number of hydrogen-bond acceptors (Lipinski definition) is 3. The Kier molecular flexibility index (Phi) is 8.40. The van der Waals surface area contributed by atoms with E-state index in [0.717, 1.165) is 31.9 Å². The van der Waals surface area contributed by atoms with Gasteiger partial charge >= 0.3 is 0 Å². The lowest BCUT2D eigenvalue weighted by molar-refractivity contribution is 0.200. The fourth-order valence-electron chi connectivity index (χ4n) is 2.46. The summed E-state index contributed by atoms with van der Waals surface area (Å²) in [7, 11) is 2.04. The van der Waals surface area contributed by atoms with Gasteiger partial charge in [0.25, 0.3) is 0 Å². The van der Waals surface area contributed by atoms with Gasteiger partial charge in [-0.05, 0) is 58.0 Å². The van der Waals surface area contributed by atoms with Crippen LogP contribution >= 0.6 is 0 Å². The van der Waals surface area contributed by atoms with Crippen LogP contribution < -0.4 is 10.1 Å². The molecule has 0 aliphatic heterocycles. The monoisotopic (exact) mass is 292 g/mol. The van der Waals surface area contributed by atoms with Crippen molar-refractivity contribution in [1.82, 2.24) is 10.2 Å². The maximum Gasteiger partial charge on any atom is 0.119 e. The molecule has 120 valence electrons. The first kappa shape index (κ1) is 18.0. The number of benzene rings is 1. The summed E-state index contributed by atoms with van der Waals surface area (Å²) in [4.78, 5) is 2.53. The van der Waals surface area contributed by atoms with Crippen LogP contribution in [0.1, 0.15) is 52.1 Å². The average molecular weight is 292 g/mol. The molecule has 0 aliphatic rings. The molecule has 3 nitrogen and oxygen atoms in total. The Bertz CT molecular complexity index is 375. The van der Waals surface area contributed by atoms with Gasteiger partial charge < -0.3 is 10.1 Å². The third-order valence-electron chi connectivity index (χ3n) is 3.76. The van der Waals surface area contributed by atoms with E-state index in [4.69, 9.17) is 4.74 Å². The lowest BCUT2D eigenvalue weighted by Crippen LogP contribution is -2.38. The maximum absolute atomic E-state index is 5.65. The average Bonchev–Trinajstić information content (AvgIpc) is 2.50. The summed E-state index contributed by atoms with van der Waals surface area (Å²) in [6.45, 7) is 11.9. The predicted molar refractivity (Wildman–Crippen MR) is 91.0 cm³/mol. The lowest BCUT2D eigenvalue weighted by atomic mass is 10.1. The molecule has 0 aliphatic carbocycles. The first-order valence-corrected chi connectivity index (χ1v) is 8.26. The highest BCUT2D eigenvalue weighted by molar-refractivity contribution is 5.29. The van der Waals surface area contributed by atoms with Gasteiger partial charge in [-0.2, -0.15) is 0 Å². The van der Waals surface area contributed by atoms with Gasteiger partial charge in [0.2, 0.25) is 0 Å². The van der Waals surface area contributed by atoms with Crippen molar-refractivity contribution in [3.05, 3.63) is 29.8 Å². The molecule has 1 N–H and O–H groups in total. The molecule has 0 heterocycles. The lowest BCUT2D eigenvalue weighted by Gasteiger charge is -2.30. The molecule has 0 radical (unpaired) electrons. The minimum absolute atomic E-state index is 0.360. The molecule has 0 saturated heterocycles. The topological polar surface area (TPSA) is 24.5 Å². The molecule has 21 heavy (non-hydrogen) atoms. The van der Waals surface area contributed by atoms with Crippen molar-refractivity contribution in [2.75, 3.05) is 26.7 Å². The molecule has 0 fully saturated rings. The van der Waals surface area contributed by atoms with Crippen molar-refractivity contribution in [2.45, 2.75) is 52.6 Å². The van der Waals surface area contributed by atoms with E-state index in [9.17, 15) is 0 Å². The Morgan fingerprint density at radius 3 is 2.24 bits per heavy atom. The molecule has 0 bridgehead atoms. The number of likely N-dealkylation sites (N-methyl/N-ethyl adjacent to an activating group) is 1. The first-order chi connectivity index (χ1) is 10.1. The van der Waals surface area contributed by atoms with E-state index >= 15 is 0 Å². The fourth-order valence-corrected chi connectivity index (χ4v) is 2.46. The van der Waals surface area contributed by atoms with Crippen LogP contribution in [0.2, 0.25) is 0 Å². The second-order valence-corrected chi connectivity index (χ2v) is 5.85. The molecule has 1 unspecified atom stereocenters. The van der Waals surface area contributed by atoms with Crippen molar-refractivity contribution >= 4 is 0 Å². The van der Waals surface area contributed by atoms with Crippen LogP contribution in [0, 0.1) is 0 Å². The summed E-state index contributed by atoms with van der Waals surface area (Å²) >= 11 is 0. The molecular weight excluding hydrogens is 260 g/mol. The van der Waals surface area contributed by atoms with Gasteiger partial charge in [-0.25, -0.2) is 0 Å². The zero-order valence-corrected chi connectivity index (χ0v) is 14.4. The van der Waals surface area contributed by atoms with Gasteiger partial charge in [0.05, 0.1) is 6.61 Å². The summed E-state index contributed by atoms with van der Waals surface area (Å²) in [6.07, 6.45) is 2.24. The van der Waals surface area contributed by atoms with Crippen LogP contribution in [0.3, 0.4) is 0 Å². The molecule has 0 spiro atoms. The number of rotatable bonds is 10. The van der Waals surface area contributed by atoms with Gasteiger partial charge in [-0.3, -0.25) is 4.90 Å². The summed E-state index contributed by atoms with van der Waals surface area (Å²) in [5.41, 5.74) is 1.32. The summed E-state index contributed by atoms with van der Waals surface area (Å²) in [5.74, 6) is 0.963. The van der Waals surface area contributed by atoms with E-state index in [2.05, 4.69) is 62.2 Å². The van der Waals surface area contributed by atoms with Crippen LogP contribution in [0.25, 0.3) is 0 Å². The van der Waals surface area contributed by atoms with Gasteiger partial charge in [0.1, 0.15) is 5.75 Å². The minimum Gasteiger partial charge on any atom is -0.494 e. The zero-order valence-electron chi connectivity index (χ0n) is 14.4. The van der Waals surface area contributed by atoms with Crippen molar-refractivity contribution in [3.63, 3.8) is 0 Å². The van der Waals surface area contributed by atoms with Gasteiger partial charge in [-0.15, -0.1) is 0 Å². The van der Waals surface area contributed by atoms with E-state index in [1.54, 1.807) is 0 Å². The van der Waals surface area contributed by atoms with Crippen molar-refractivity contribution in [1.29, 1.82) is 0 Å². The Balaban J connectivity index is 2.70. The third-order valence-corrected chi connectivity index (χ3v) is 3.76. The molecular formula is C18H32N2O. The molecule has 3 heteroatoms. The zero-order chi connectivity index (χ0) is 15.7. The predicted octanol–water partition coefficient (Wildman–Crippen LogP) is 3.86. The molecule has 0 saturated carbocycles. The molecule has 1 rings (SSSR count). The van der Waals surface area contributed by atoms with Crippen LogP contribution in [-0.2, 0) is 0 Å². The normalized spacial score (nSPS) is 12.9. The number of hydrogen-bond donors (Lipinski definition) is 1. The highest BCUT2D eigenvalue weighted by atomic mass is 16.5. The van der Waals surface area contributed by atoms with Crippen molar-refractivity contribution in [3.8, 4) is 5.75 Å². The molecule has 1 atom stereocenters. The van der Waals surface area contributed by atoms with Gasteiger partial charge in [0.15, 0.2) is 0 Å². The second kappa shape index (κ2) is 9.80. The maximum atomic E-state index is 5.65. The third kappa shape index (κ3) is 6.06. The van der Waals surface area contributed by atoms with Gasteiger partial charge in [-0.1, -0.05) is 26.0 Å². The summed E-state index contributed by atoms with van der Waals surface area (Å²) in [6, 6.07) is 9.45. The smallest absolute Gasteiger partial charge is 0.119 e. The molecule has 0 aromatic heterocycles. The Morgan fingerprint density at radius 1 is 1.10 bits per heavy atom. The first-order valence-electron chi connectivity index (χ1n) is 8.26. The summed E-state index contributed by atoms with van der Waals surface area (Å²) < 4.78 is 5.65. The molecule has 1 aromatic carbocycles. The highest BCUT2D eigenvalue weighted by Crippen LogP contribution is 2.19. The molecule has 0 amide bonds. The minimum atomic E-state index is 0.360. The number of ether oxygens (including phenoxy) is 1.